The summed E-state index contributed by atoms with van der Waals surface area (Å²) in [7, 11) is 1.95. The molecule has 1 aromatic heterocycles. The minimum absolute atomic E-state index is 0.202. The van der Waals surface area contributed by atoms with Gasteiger partial charge in [0.2, 0.25) is 0 Å². The van der Waals surface area contributed by atoms with E-state index in [0.29, 0.717) is 0 Å². The molecule has 1 aromatic carbocycles. The molecule has 106 valence electrons. The van der Waals surface area contributed by atoms with Crippen LogP contribution in [0.1, 0.15) is 18.4 Å². The van der Waals surface area contributed by atoms with Crippen LogP contribution in [0.15, 0.2) is 30.3 Å². The van der Waals surface area contributed by atoms with E-state index in [0.717, 1.165) is 37.3 Å². The Labute approximate surface area is 119 Å². The summed E-state index contributed by atoms with van der Waals surface area (Å²) in [6, 6.07) is 10.6. The van der Waals surface area contributed by atoms with Crippen LogP contribution in [0.3, 0.4) is 0 Å². The second-order valence-electron chi connectivity index (χ2n) is 5.37. The summed E-state index contributed by atoms with van der Waals surface area (Å²) in [6.45, 7) is 1.97. The zero-order valence-electron chi connectivity index (χ0n) is 11.8. The molecule has 1 atom stereocenters. The molecule has 0 bridgehead atoms. The fourth-order valence-corrected chi connectivity index (χ4v) is 3.02. The topological polar surface area (TPSA) is 48.4 Å². The van der Waals surface area contributed by atoms with Crippen LogP contribution in [0.2, 0.25) is 0 Å². The number of anilines is 1. The van der Waals surface area contributed by atoms with Crippen LogP contribution in [0.4, 0.5) is 5.82 Å². The Hall–Kier alpha value is -1.65. The van der Waals surface area contributed by atoms with Gasteiger partial charge in [0.25, 0.3) is 0 Å². The molecule has 0 amide bonds. The van der Waals surface area contributed by atoms with Crippen molar-refractivity contribution >= 4 is 16.7 Å². The summed E-state index contributed by atoms with van der Waals surface area (Å²) < 4.78 is 0. The summed E-state index contributed by atoms with van der Waals surface area (Å²) in [5.41, 5.74) is 2.22. The molecule has 3 rings (SSSR count). The summed E-state index contributed by atoms with van der Waals surface area (Å²) >= 11 is 0. The second kappa shape index (κ2) is 5.77. The van der Waals surface area contributed by atoms with E-state index in [4.69, 9.17) is 4.98 Å². The standard InChI is InChI=1S/C16H21N3O/c1-17-10-13-9-12-5-2-3-7-15(12)18-16(13)19-8-4-6-14(19)11-20/h2-3,5,7,9,14,17,20H,4,6,8,10-11H2,1H3. The lowest BCUT2D eigenvalue weighted by molar-refractivity contribution is 0.266. The van der Waals surface area contributed by atoms with Crippen molar-refractivity contribution in [2.75, 3.05) is 25.1 Å². The van der Waals surface area contributed by atoms with Gasteiger partial charge in [-0.1, -0.05) is 18.2 Å². The zero-order valence-corrected chi connectivity index (χ0v) is 11.8. The van der Waals surface area contributed by atoms with Crippen molar-refractivity contribution in [3.05, 3.63) is 35.9 Å². The number of para-hydroxylation sites is 1. The van der Waals surface area contributed by atoms with Gasteiger partial charge in [-0.05, 0) is 32.0 Å². The minimum Gasteiger partial charge on any atom is -0.394 e. The van der Waals surface area contributed by atoms with Crippen molar-refractivity contribution in [3.8, 4) is 0 Å². The normalized spacial score (nSPS) is 18.9. The quantitative estimate of drug-likeness (QED) is 0.892. The fraction of sp³-hybridized carbons (Fsp3) is 0.438. The maximum atomic E-state index is 9.55. The largest absolute Gasteiger partial charge is 0.394 e. The van der Waals surface area contributed by atoms with E-state index in [1.807, 2.05) is 25.2 Å². The summed E-state index contributed by atoms with van der Waals surface area (Å²) in [6.07, 6.45) is 2.17. The van der Waals surface area contributed by atoms with Crippen LogP contribution in [0, 0.1) is 0 Å². The Morgan fingerprint density at radius 1 is 1.40 bits per heavy atom. The van der Waals surface area contributed by atoms with E-state index in [1.165, 1.54) is 10.9 Å². The van der Waals surface area contributed by atoms with Crippen LogP contribution >= 0.6 is 0 Å². The van der Waals surface area contributed by atoms with Gasteiger partial charge in [-0.25, -0.2) is 4.98 Å². The predicted molar refractivity (Wildman–Crippen MR) is 82.0 cm³/mol. The number of nitrogens with one attached hydrogen (secondary N) is 1. The van der Waals surface area contributed by atoms with E-state index in [2.05, 4.69) is 22.3 Å². The number of aliphatic hydroxyl groups is 1. The molecule has 2 heterocycles. The Bertz CT molecular complexity index is 599. The summed E-state index contributed by atoms with van der Waals surface area (Å²) in [5, 5.41) is 13.9. The number of aliphatic hydroxyl groups excluding tert-OH is 1. The Balaban J connectivity index is 2.09. The van der Waals surface area contributed by atoms with Gasteiger partial charge in [0.05, 0.1) is 18.2 Å². The van der Waals surface area contributed by atoms with Crippen LogP contribution in [0.5, 0.6) is 0 Å². The smallest absolute Gasteiger partial charge is 0.134 e. The first-order chi connectivity index (χ1) is 9.83. The molecule has 1 fully saturated rings. The first-order valence-electron chi connectivity index (χ1n) is 7.24. The molecule has 2 N–H and O–H groups in total. The van der Waals surface area contributed by atoms with Crippen LogP contribution in [0.25, 0.3) is 10.9 Å². The molecule has 1 saturated heterocycles. The third-order valence-electron chi connectivity index (χ3n) is 4.01. The van der Waals surface area contributed by atoms with E-state index < -0.39 is 0 Å². The molecular weight excluding hydrogens is 250 g/mol. The van der Waals surface area contributed by atoms with Gasteiger partial charge in [-0.15, -0.1) is 0 Å². The number of pyridine rings is 1. The van der Waals surface area contributed by atoms with Gasteiger partial charge in [0.1, 0.15) is 5.82 Å². The highest BCUT2D eigenvalue weighted by Gasteiger charge is 2.26. The molecule has 0 saturated carbocycles. The number of aromatic nitrogens is 1. The molecule has 1 aliphatic rings. The van der Waals surface area contributed by atoms with Crippen LogP contribution in [-0.4, -0.2) is 36.3 Å². The van der Waals surface area contributed by atoms with Gasteiger partial charge in [-0.3, -0.25) is 0 Å². The highest BCUT2D eigenvalue weighted by Crippen LogP contribution is 2.29. The average molecular weight is 271 g/mol. The number of benzene rings is 1. The van der Waals surface area contributed by atoms with Crippen molar-refractivity contribution in [2.24, 2.45) is 0 Å². The number of hydrogen-bond donors (Lipinski definition) is 2. The van der Waals surface area contributed by atoms with E-state index in [1.54, 1.807) is 0 Å². The van der Waals surface area contributed by atoms with E-state index in [9.17, 15) is 5.11 Å². The highest BCUT2D eigenvalue weighted by molar-refractivity contribution is 5.82. The lowest BCUT2D eigenvalue weighted by Gasteiger charge is -2.26. The number of nitrogens with zero attached hydrogens (tertiary/aromatic N) is 2. The molecule has 4 nitrogen and oxygen atoms in total. The molecule has 1 unspecified atom stereocenters. The minimum atomic E-state index is 0.202. The summed E-state index contributed by atoms with van der Waals surface area (Å²) in [4.78, 5) is 7.11. The van der Waals surface area contributed by atoms with Crippen molar-refractivity contribution in [1.29, 1.82) is 0 Å². The molecule has 20 heavy (non-hydrogen) atoms. The fourth-order valence-electron chi connectivity index (χ4n) is 3.02. The third kappa shape index (κ3) is 2.37. The molecule has 0 spiro atoms. The molecule has 2 aromatic rings. The van der Waals surface area contributed by atoms with Gasteiger partial charge in [0, 0.05) is 24.0 Å². The third-order valence-corrected chi connectivity index (χ3v) is 4.01. The monoisotopic (exact) mass is 271 g/mol. The maximum Gasteiger partial charge on any atom is 0.134 e. The SMILES string of the molecule is CNCc1cc2ccccc2nc1N1CCCC1CO. The average Bonchev–Trinajstić information content (AvgIpc) is 2.95. The van der Waals surface area contributed by atoms with Crippen molar-refractivity contribution in [2.45, 2.75) is 25.4 Å². The molecule has 0 radical (unpaired) electrons. The van der Waals surface area contributed by atoms with Crippen LogP contribution < -0.4 is 10.2 Å². The maximum absolute atomic E-state index is 9.55. The zero-order chi connectivity index (χ0) is 13.9. The second-order valence-corrected chi connectivity index (χ2v) is 5.37. The number of fused-ring (bicyclic) bond motifs is 1. The molecule has 4 heteroatoms. The van der Waals surface area contributed by atoms with Crippen LogP contribution in [-0.2, 0) is 6.54 Å². The van der Waals surface area contributed by atoms with Gasteiger partial charge in [0.15, 0.2) is 0 Å². The molecular formula is C16H21N3O. The van der Waals surface area contributed by atoms with Crippen molar-refractivity contribution in [1.82, 2.24) is 10.3 Å². The lowest BCUT2D eigenvalue weighted by atomic mass is 10.1. The Morgan fingerprint density at radius 2 is 2.25 bits per heavy atom. The highest BCUT2D eigenvalue weighted by atomic mass is 16.3. The molecule has 1 aliphatic heterocycles. The van der Waals surface area contributed by atoms with Gasteiger partial charge >= 0.3 is 0 Å². The van der Waals surface area contributed by atoms with Gasteiger partial charge in [-0.2, -0.15) is 0 Å². The first-order valence-corrected chi connectivity index (χ1v) is 7.24. The number of rotatable bonds is 4. The number of hydrogen-bond acceptors (Lipinski definition) is 4. The first kappa shape index (κ1) is 13.3. The van der Waals surface area contributed by atoms with Crippen molar-refractivity contribution < 1.29 is 5.11 Å². The Morgan fingerprint density at radius 3 is 3.05 bits per heavy atom. The Kier molecular flexibility index (Phi) is 3.85. The van der Waals surface area contributed by atoms with Gasteiger partial charge < -0.3 is 15.3 Å². The van der Waals surface area contributed by atoms with Crippen molar-refractivity contribution in [3.63, 3.8) is 0 Å². The predicted octanol–water partition coefficient (Wildman–Crippen LogP) is 1.92. The molecule has 0 aliphatic carbocycles. The van der Waals surface area contributed by atoms with E-state index >= 15 is 0 Å². The lowest BCUT2D eigenvalue weighted by Crippen LogP contribution is -2.34. The summed E-state index contributed by atoms with van der Waals surface area (Å²) in [5.74, 6) is 1.02. The van der Waals surface area contributed by atoms with E-state index in [-0.39, 0.29) is 12.6 Å².